The minimum Gasteiger partial charge on any atom is -0.280 e. The molecule has 0 radical (unpaired) electrons. The van der Waals surface area contributed by atoms with E-state index in [-0.39, 0.29) is 10.3 Å². The standard InChI is InChI=1S/C16H19NO2S/c1-16(2,3)13-8-7-9-14(12-13)17-20(18,19)15-10-5-4-6-11-15/h4-12,17H,1-3H3. The molecule has 0 saturated heterocycles. The van der Waals surface area contributed by atoms with Crippen LogP contribution < -0.4 is 4.72 Å². The maximum atomic E-state index is 12.3. The van der Waals surface area contributed by atoms with Crippen LogP contribution in [0.3, 0.4) is 0 Å². The van der Waals surface area contributed by atoms with E-state index in [4.69, 9.17) is 0 Å². The Morgan fingerprint density at radius 2 is 1.55 bits per heavy atom. The Balaban J connectivity index is 2.31. The summed E-state index contributed by atoms with van der Waals surface area (Å²) in [5.74, 6) is 0. The summed E-state index contributed by atoms with van der Waals surface area (Å²) in [6.07, 6.45) is 0. The maximum absolute atomic E-state index is 12.3. The monoisotopic (exact) mass is 289 g/mol. The van der Waals surface area contributed by atoms with Crippen LogP contribution >= 0.6 is 0 Å². The van der Waals surface area contributed by atoms with E-state index in [0.717, 1.165) is 5.56 Å². The van der Waals surface area contributed by atoms with Gasteiger partial charge in [-0.3, -0.25) is 4.72 Å². The summed E-state index contributed by atoms with van der Waals surface area (Å²) < 4.78 is 27.1. The van der Waals surface area contributed by atoms with E-state index in [0.29, 0.717) is 5.69 Å². The van der Waals surface area contributed by atoms with Crippen molar-refractivity contribution in [2.24, 2.45) is 0 Å². The molecule has 3 nitrogen and oxygen atoms in total. The fourth-order valence-electron chi connectivity index (χ4n) is 1.86. The van der Waals surface area contributed by atoms with Crippen molar-refractivity contribution in [2.75, 3.05) is 4.72 Å². The molecule has 0 aromatic heterocycles. The van der Waals surface area contributed by atoms with Crippen molar-refractivity contribution in [3.63, 3.8) is 0 Å². The van der Waals surface area contributed by atoms with Crippen LogP contribution in [-0.4, -0.2) is 8.42 Å². The van der Waals surface area contributed by atoms with E-state index < -0.39 is 10.0 Å². The van der Waals surface area contributed by atoms with Crippen LogP contribution in [0.5, 0.6) is 0 Å². The van der Waals surface area contributed by atoms with Gasteiger partial charge in [-0.2, -0.15) is 0 Å². The van der Waals surface area contributed by atoms with Crippen LogP contribution in [0.4, 0.5) is 5.69 Å². The number of sulfonamides is 1. The molecule has 0 saturated carbocycles. The van der Waals surface area contributed by atoms with Crippen LogP contribution in [0.25, 0.3) is 0 Å². The summed E-state index contributed by atoms with van der Waals surface area (Å²) in [5.41, 5.74) is 1.65. The van der Waals surface area contributed by atoms with Crippen molar-refractivity contribution in [3.8, 4) is 0 Å². The molecule has 0 aliphatic heterocycles. The van der Waals surface area contributed by atoms with E-state index in [1.54, 1.807) is 36.4 Å². The highest BCUT2D eigenvalue weighted by Crippen LogP contribution is 2.25. The fourth-order valence-corrected chi connectivity index (χ4v) is 2.93. The van der Waals surface area contributed by atoms with Gasteiger partial charge in [0.05, 0.1) is 4.90 Å². The second-order valence-electron chi connectivity index (χ2n) is 5.75. The Kier molecular flexibility index (Phi) is 3.86. The molecular weight excluding hydrogens is 270 g/mol. The van der Waals surface area contributed by atoms with Gasteiger partial charge in [-0.05, 0) is 35.2 Å². The second kappa shape index (κ2) is 5.29. The van der Waals surface area contributed by atoms with Crippen LogP contribution in [-0.2, 0) is 15.4 Å². The topological polar surface area (TPSA) is 46.2 Å². The first-order valence-electron chi connectivity index (χ1n) is 6.47. The highest BCUT2D eigenvalue weighted by molar-refractivity contribution is 7.92. The predicted molar refractivity (Wildman–Crippen MR) is 82.4 cm³/mol. The van der Waals surface area contributed by atoms with Crippen LogP contribution in [0.1, 0.15) is 26.3 Å². The molecule has 0 aliphatic rings. The zero-order valence-corrected chi connectivity index (χ0v) is 12.7. The zero-order chi connectivity index (χ0) is 14.8. The van der Waals surface area contributed by atoms with Gasteiger partial charge >= 0.3 is 0 Å². The maximum Gasteiger partial charge on any atom is 0.261 e. The second-order valence-corrected chi connectivity index (χ2v) is 7.43. The number of hydrogen-bond acceptors (Lipinski definition) is 2. The summed E-state index contributed by atoms with van der Waals surface area (Å²) in [6, 6.07) is 15.9. The van der Waals surface area contributed by atoms with Gasteiger partial charge in [0.15, 0.2) is 0 Å². The molecule has 0 unspecified atom stereocenters. The largest absolute Gasteiger partial charge is 0.280 e. The first kappa shape index (κ1) is 14.6. The normalized spacial score (nSPS) is 12.2. The van der Waals surface area contributed by atoms with Gasteiger partial charge in [-0.1, -0.05) is 51.1 Å². The van der Waals surface area contributed by atoms with E-state index in [1.165, 1.54) is 0 Å². The van der Waals surface area contributed by atoms with Gasteiger partial charge in [-0.25, -0.2) is 8.42 Å². The first-order chi connectivity index (χ1) is 9.29. The molecule has 106 valence electrons. The van der Waals surface area contributed by atoms with Crippen molar-refractivity contribution in [3.05, 3.63) is 60.2 Å². The smallest absolute Gasteiger partial charge is 0.261 e. The summed E-state index contributed by atoms with van der Waals surface area (Å²) in [4.78, 5) is 0.265. The Labute approximate surface area is 120 Å². The molecular formula is C16H19NO2S. The molecule has 0 spiro atoms. The van der Waals surface area contributed by atoms with E-state index in [9.17, 15) is 8.42 Å². The third-order valence-electron chi connectivity index (χ3n) is 3.03. The molecule has 2 aromatic carbocycles. The number of hydrogen-bond donors (Lipinski definition) is 1. The Bertz CT molecular complexity index is 686. The SMILES string of the molecule is CC(C)(C)c1cccc(NS(=O)(=O)c2ccccc2)c1. The average molecular weight is 289 g/mol. The lowest BCUT2D eigenvalue weighted by Crippen LogP contribution is -2.15. The third kappa shape index (κ3) is 3.39. The molecule has 0 amide bonds. The van der Waals surface area contributed by atoms with E-state index in [1.807, 2.05) is 18.2 Å². The molecule has 0 aliphatic carbocycles. The van der Waals surface area contributed by atoms with Crippen LogP contribution in [0.15, 0.2) is 59.5 Å². The molecule has 0 bridgehead atoms. The molecule has 1 N–H and O–H groups in total. The Hall–Kier alpha value is -1.81. The summed E-state index contributed by atoms with van der Waals surface area (Å²) >= 11 is 0. The number of nitrogens with one attached hydrogen (secondary N) is 1. The van der Waals surface area contributed by atoms with Gasteiger partial charge < -0.3 is 0 Å². The third-order valence-corrected chi connectivity index (χ3v) is 4.43. The Morgan fingerprint density at radius 1 is 0.900 bits per heavy atom. The number of benzene rings is 2. The highest BCUT2D eigenvalue weighted by Gasteiger charge is 2.16. The van der Waals surface area contributed by atoms with Gasteiger partial charge in [0.2, 0.25) is 0 Å². The molecule has 0 atom stereocenters. The molecule has 20 heavy (non-hydrogen) atoms. The van der Waals surface area contributed by atoms with Crippen LogP contribution in [0, 0.1) is 0 Å². The molecule has 0 heterocycles. The van der Waals surface area contributed by atoms with Gasteiger partial charge in [-0.15, -0.1) is 0 Å². The summed E-state index contributed by atoms with van der Waals surface area (Å²) in [6.45, 7) is 6.29. The van der Waals surface area contributed by atoms with E-state index >= 15 is 0 Å². The number of anilines is 1. The first-order valence-corrected chi connectivity index (χ1v) is 7.96. The molecule has 4 heteroatoms. The van der Waals surface area contributed by atoms with Crippen molar-refractivity contribution in [1.29, 1.82) is 0 Å². The predicted octanol–water partition coefficient (Wildman–Crippen LogP) is 3.78. The molecule has 2 aromatic rings. The Morgan fingerprint density at radius 3 is 2.15 bits per heavy atom. The fraction of sp³-hybridized carbons (Fsp3) is 0.250. The summed E-state index contributed by atoms with van der Waals surface area (Å²) in [7, 11) is -3.53. The van der Waals surface area contributed by atoms with Crippen molar-refractivity contribution >= 4 is 15.7 Å². The lowest BCUT2D eigenvalue weighted by Gasteiger charge is -2.20. The van der Waals surface area contributed by atoms with Gasteiger partial charge in [0, 0.05) is 5.69 Å². The average Bonchev–Trinajstić information content (AvgIpc) is 2.38. The van der Waals surface area contributed by atoms with Gasteiger partial charge in [0.1, 0.15) is 0 Å². The van der Waals surface area contributed by atoms with Gasteiger partial charge in [0.25, 0.3) is 10.0 Å². The van der Waals surface area contributed by atoms with Crippen molar-refractivity contribution in [1.82, 2.24) is 0 Å². The lowest BCUT2D eigenvalue weighted by molar-refractivity contribution is 0.590. The molecule has 2 rings (SSSR count). The van der Waals surface area contributed by atoms with Crippen molar-refractivity contribution < 1.29 is 8.42 Å². The highest BCUT2D eigenvalue weighted by atomic mass is 32.2. The minimum atomic E-state index is -3.53. The lowest BCUT2D eigenvalue weighted by atomic mass is 9.87. The van der Waals surface area contributed by atoms with Crippen molar-refractivity contribution in [2.45, 2.75) is 31.1 Å². The van der Waals surface area contributed by atoms with Crippen LogP contribution in [0.2, 0.25) is 0 Å². The quantitative estimate of drug-likeness (QED) is 0.934. The van der Waals surface area contributed by atoms with E-state index in [2.05, 4.69) is 25.5 Å². The minimum absolute atomic E-state index is 0.0196. The summed E-state index contributed by atoms with van der Waals surface area (Å²) in [5, 5.41) is 0. The number of rotatable bonds is 3. The zero-order valence-electron chi connectivity index (χ0n) is 11.9. The molecule has 0 fully saturated rings.